The Morgan fingerprint density at radius 2 is 1.80 bits per heavy atom. The smallest absolute Gasteiger partial charge is 0.410 e. The molecule has 2 heterocycles. The maximum Gasteiger partial charge on any atom is 0.410 e. The molecule has 2 aromatic carbocycles. The van der Waals surface area contributed by atoms with E-state index >= 15 is 0 Å². The quantitative estimate of drug-likeness (QED) is 0.768. The second-order valence-electron chi connectivity index (χ2n) is 8.79. The lowest BCUT2D eigenvalue weighted by atomic mass is 9.75. The minimum absolute atomic E-state index is 0.177. The van der Waals surface area contributed by atoms with Crippen LogP contribution in [0.4, 0.5) is 14.9 Å². The Hall–Kier alpha value is -3.09. The normalized spacial score (nSPS) is 17.0. The maximum atomic E-state index is 14.8. The van der Waals surface area contributed by atoms with E-state index in [1.165, 1.54) is 15.9 Å². The Balaban J connectivity index is 1.61. The summed E-state index contributed by atoms with van der Waals surface area (Å²) in [4.78, 5) is 28.8. The van der Waals surface area contributed by atoms with Gasteiger partial charge < -0.3 is 19.3 Å². The highest BCUT2D eigenvalue weighted by molar-refractivity contribution is 6.10. The van der Waals surface area contributed by atoms with Gasteiger partial charge in [0.15, 0.2) is 0 Å². The van der Waals surface area contributed by atoms with Crippen LogP contribution < -0.4 is 9.64 Å². The first-order valence-corrected chi connectivity index (χ1v) is 9.86. The van der Waals surface area contributed by atoms with Crippen LogP contribution in [0, 0.1) is 5.82 Å². The Morgan fingerprint density at radius 3 is 2.40 bits per heavy atom. The van der Waals surface area contributed by atoms with E-state index in [0.29, 0.717) is 17.0 Å². The second-order valence-corrected chi connectivity index (χ2v) is 8.79. The van der Waals surface area contributed by atoms with Gasteiger partial charge in [0.05, 0.1) is 19.3 Å². The SMILES string of the molecule is COc1ccc(CN2C(=O)C3(CN(C(=O)OC(C)(C)C)C3)c3cccc(F)c32)cc1. The number of para-hydroxylation sites is 1. The molecule has 7 heteroatoms. The topological polar surface area (TPSA) is 59.1 Å². The fourth-order valence-electron chi connectivity index (χ4n) is 4.08. The van der Waals surface area contributed by atoms with Crippen molar-refractivity contribution in [3.63, 3.8) is 0 Å². The van der Waals surface area contributed by atoms with Crippen LogP contribution in [-0.2, 0) is 21.5 Å². The van der Waals surface area contributed by atoms with Gasteiger partial charge in [-0.25, -0.2) is 9.18 Å². The van der Waals surface area contributed by atoms with Crippen molar-refractivity contribution >= 4 is 17.7 Å². The predicted molar refractivity (Wildman–Crippen MR) is 110 cm³/mol. The molecule has 158 valence electrons. The molecular formula is C23H25FN2O4. The standard InChI is InChI=1S/C23H25FN2O4/c1-22(2,3)30-21(28)25-13-23(14-25)17-6-5-7-18(24)19(17)26(20(23)27)12-15-8-10-16(29-4)11-9-15/h5-11H,12-14H2,1-4H3. The fraction of sp³-hybridized carbons (Fsp3) is 0.391. The van der Waals surface area contributed by atoms with Gasteiger partial charge in [0.2, 0.25) is 5.91 Å². The van der Waals surface area contributed by atoms with Crippen LogP contribution in [-0.4, -0.2) is 42.7 Å². The van der Waals surface area contributed by atoms with Gasteiger partial charge >= 0.3 is 6.09 Å². The molecule has 6 nitrogen and oxygen atoms in total. The van der Waals surface area contributed by atoms with Gasteiger partial charge in [0.25, 0.3) is 0 Å². The molecule has 0 atom stereocenters. The van der Waals surface area contributed by atoms with E-state index in [-0.39, 0.29) is 25.5 Å². The number of halogens is 1. The molecule has 1 fully saturated rings. The van der Waals surface area contributed by atoms with Crippen LogP contribution in [0.2, 0.25) is 0 Å². The summed E-state index contributed by atoms with van der Waals surface area (Å²) >= 11 is 0. The number of methoxy groups -OCH3 is 1. The summed E-state index contributed by atoms with van der Waals surface area (Å²) in [5.74, 6) is 0.0710. The molecule has 0 aromatic heterocycles. The number of ether oxygens (including phenoxy) is 2. The molecule has 2 aromatic rings. The largest absolute Gasteiger partial charge is 0.497 e. The van der Waals surface area contributed by atoms with Gasteiger partial charge in [-0.1, -0.05) is 24.3 Å². The lowest BCUT2D eigenvalue weighted by molar-refractivity contribution is -0.129. The molecule has 1 saturated heterocycles. The third-order valence-electron chi connectivity index (χ3n) is 5.50. The van der Waals surface area contributed by atoms with Gasteiger partial charge in [-0.15, -0.1) is 0 Å². The Morgan fingerprint density at radius 1 is 1.13 bits per heavy atom. The molecule has 0 unspecified atom stereocenters. The lowest BCUT2D eigenvalue weighted by Crippen LogP contribution is -2.65. The summed E-state index contributed by atoms with van der Waals surface area (Å²) in [6.07, 6.45) is -0.465. The van der Waals surface area contributed by atoms with Crippen molar-refractivity contribution in [2.45, 2.75) is 38.3 Å². The molecule has 1 spiro atoms. The highest BCUT2D eigenvalue weighted by Crippen LogP contribution is 2.49. The van der Waals surface area contributed by atoms with Crippen LogP contribution in [0.5, 0.6) is 5.75 Å². The zero-order valence-corrected chi connectivity index (χ0v) is 17.6. The van der Waals surface area contributed by atoms with Gasteiger partial charge in [-0.3, -0.25) is 4.79 Å². The number of fused-ring (bicyclic) bond motifs is 2. The third-order valence-corrected chi connectivity index (χ3v) is 5.50. The molecule has 0 N–H and O–H groups in total. The first-order chi connectivity index (χ1) is 14.1. The average molecular weight is 412 g/mol. The highest BCUT2D eigenvalue weighted by atomic mass is 19.1. The summed E-state index contributed by atoms with van der Waals surface area (Å²) in [6, 6.07) is 12.1. The van der Waals surface area contributed by atoms with E-state index in [1.807, 2.05) is 24.3 Å². The zero-order chi connectivity index (χ0) is 21.7. The van der Waals surface area contributed by atoms with Gasteiger partial charge in [0, 0.05) is 13.1 Å². The molecule has 30 heavy (non-hydrogen) atoms. The van der Waals surface area contributed by atoms with Crippen molar-refractivity contribution in [3.05, 3.63) is 59.4 Å². The van der Waals surface area contributed by atoms with E-state index in [4.69, 9.17) is 9.47 Å². The fourth-order valence-corrected chi connectivity index (χ4v) is 4.08. The summed E-state index contributed by atoms with van der Waals surface area (Å²) < 4.78 is 25.4. The number of hydrogen-bond donors (Lipinski definition) is 0. The molecule has 2 amide bonds. The van der Waals surface area contributed by atoms with Gasteiger partial charge in [-0.05, 0) is 50.1 Å². The summed E-state index contributed by atoms with van der Waals surface area (Å²) in [6.45, 7) is 5.98. The zero-order valence-electron chi connectivity index (χ0n) is 17.6. The molecule has 2 aliphatic heterocycles. The van der Waals surface area contributed by atoms with Crippen molar-refractivity contribution in [3.8, 4) is 5.75 Å². The minimum atomic E-state index is -0.930. The minimum Gasteiger partial charge on any atom is -0.497 e. The number of amides is 2. The number of carbonyl (C=O) groups is 2. The summed E-state index contributed by atoms with van der Waals surface area (Å²) in [5.41, 5.74) is 0.229. The Kier molecular flexibility index (Phi) is 4.71. The lowest BCUT2D eigenvalue weighted by Gasteiger charge is -2.46. The molecule has 2 aliphatic rings. The van der Waals surface area contributed by atoms with Crippen molar-refractivity contribution in [1.29, 1.82) is 0 Å². The van der Waals surface area contributed by atoms with E-state index in [2.05, 4.69) is 0 Å². The number of anilines is 1. The van der Waals surface area contributed by atoms with Crippen LogP contribution in [0.3, 0.4) is 0 Å². The van der Waals surface area contributed by atoms with Gasteiger partial charge in [-0.2, -0.15) is 0 Å². The predicted octanol–water partition coefficient (Wildman–Crippen LogP) is 3.87. The van der Waals surface area contributed by atoms with Gasteiger partial charge in [0.1, 0.15) is 22.6 Å². The Bertz CT molecular complexity index is 991. The van der Waals surface area contributed by atoms with Crippen molar-refractivity contribution in [1.82, 2.24) is 4.90 Å². The molecule has 0 bridgehead atoms. The van der Waals surface area contributed by atoms with Crippen LogP contribution in [0.1, 0.15) is 31.9 Å². The van der Waals surface area contributed by atoms with E-state index in [1.54, 1.807) is 40.0 Å². The highest BCUT2D eigenvalue weighted by Gasteiger charge is 2.60. The molecule has 4 rings (SSSR count). The average Bonchev–Trinajstić information content (AvgIpc) is 2.89. The van der Waals surface area contributed by atoms with Crippen molar-refractivity contribution in [2.24, 2.45) is 0 Å². The molecule has 0 aliphatic carbocycles. The first kappa shape index (κ1) is 20.2. The number of carbonyl (C=O) groups excluding carboxylic acids is 2. The first-order valence-electron chi connectivity index (χ1n) is 9.86. The van der Waals surface area contributed by atoms with E-state index in [9.17, 15) is 14.0 Å². The van der Waals surface area contributed by atoms with Crippen molar-refractivity contribution < 1.29 is 23.5 Å². The Labute approximate surface area is 175 Å². The second kappa shape index (κ2) is 7.00. The van der Waals surface area contributed by atoms with E-state index < -0.39 is 22.9 Å². The monoisotopic (exact) mass is 412 g/mol. The van der Waals surface area contributed by atoms with E-state index in [0.717, 1.165) is 5.56 Å². The number of nitrogens with zero attached hydrogens (tertiary/aromatic N) is 2. The van der Waals surface area contributed by atoms with Crippen molar-refractivity contribution in [2.75, 3.05) is 25.1 Å². The number of likely N-dealkylation sites (tertiary alicyclic amines) is 1. The molecule has 0 radical (unpaired) electrons. The summed E-state index contributed by atoms with van der Waals surface area (Å²) in [7, 11) is 1.58. The maximum absolute atomic E-state index is 14.8. The third kappa shape index (κ3) is 3.28. The van der Waals surface area contributed by atoms with Crippen LogP contribution >= 0.6 is 0 Å². The molecular weight excluding hydrogens is 387 g/mol. The van der Waals surface area contributed by atoms with Crippen LogP contribution in [0.15, 0.2) is 42.5 Å². The van der Waals surface area contributed by atoms with Crippen LogP contribution in [0.25, 0.3) is 0 Å². The number of rotatable bonds is 3. The summed E-state index contributed by atoms with van der Waals surface area (Å²) in [5, 5.41) is 0. The number of benzene rings is 2. The number of hydrogen-bond acceptors (Lipinski definition) is 4. The molecule has 0 saturated carbocycles.